The van der Waals surface area contributed by atoms with Gasteiger partial charge >= 0.3 is 0 Å². The zero-order valence-electron chi connectivity index (χ0n) is 21.2. The first-order chi connectivity index (χ1) is 18.7. The quantitative estimate of drug-likeness (QED) is 0.430. The highest BCUT2D eigenvalue weighted by Gasteiger charge is 2.28. The minimum atomic E-state index is -1.40. The number of benzene rings is 2. The molecule has 1 aromatic heterocycles. The fourth-order valence-corrected chi connectivity index (χ4v) is 5.16. The van der Waals surface area contributed by atoms with E-state index in [1.165, 1.54) is 6.20 Å². The van der Waals surface area contributed by atoms with Gasteiger partial charge in [-0.3, -0.25) is 9.78 Å². The lowest BCUT2D eigenvalue weighted by molar-refractivity contribution is 0.102. The Bertz CT molecular complexity index is 1350. The predicted molar refractivity (Wildman–Crippen MR) is 138 cm³/mol. The van der Waals surface area contributed by atoms with Crippen LogP contribution < -0.4 is 20.7 Å². The molecule has 7 nitrogen and oxygen atoms in total. The van der Waals surface area contributed by atoms with Crippen molar-refractivity contribution in [1.82, 2.24) is 4.98 Å². The number of piperidine rings is 1. The van der Waals surface area contributed by atoms with Crippen LogP contribution in [-0.4, -0.2) is 49.3 Å². The van der Waals surface area contributed by atoms with E-state index in [1.54, 1.807) is 12.3 Å². The number of nitrogens with two attached hydrogens (primary N) is 1. The number of nitrogens with zero attached hydrogens (tertiary/aromatic N) is 2. The van der Waals surface area contributed by atoms with Crippen molar-refractivity contribution in [2.45, 2.75) is 31.9 Å². The normalized spacial score (nSPS) is 21.2. The van der Waals surface area contributed by atoms with E-state index in [2.05, 4.69) is 17.2 Å². The summed E-state index contributed by atoms with van der Waals surface area (Å²) in [6.45, 7) is 4.05. The van der Waals surface area contributed by atoms with Crippen LogP contribution in [0.3, 0.4) is 0 Å². The van der Waals surface area contributed by atoms with Crippen molar-refractivity contribution >= 4 is 17.3 Å². The van der Waals surface area contributed by atoms with Crippen LogP contribution in [0.1, 0.15) is 30.1 Å². The molecule has 3 atom stereocenters. The summed E-state index contributed by atoms with van der Waals surface area (Å²) >= 11 is 0. The van der Waals surface area contributed by atoms with Gasteiger partial charge in [-0.15, -0.1) is 0 Å². The molecule has 0 spiro atoms. The van der Waals surface area contributed by atoms with Gasteiger partial charge in [0.15, 0.2) is 0 Å². The Morgan fingerprint density at radius 2 is 1.87 bits per heavy atom. The van der Waals surface area contributed by atoms with Gasteiger partial charge in [-0.1, -0.05) is 6.92 Å². The van der Waals surface area contributed by atoms with Gasteiger partial charge in [0.1, 0.15) is 35.1 Å². The van der Waals surface area contributed by atoms with Crippen LogP contribution in [0, 0.1) is 29.2 Å². The Balaban J connectivity index is 1.44. The summed E-state index contributed by atoms with van der Waals surface area (Å²) in [5.74, 6) is -5.83. The number of ether oxygens (including phenoxy) is 2. The SMILES string of the molecule is C[C@@H]1C[C@H](N)CN(c2ccncc2NC(=O)c2ccc(F)c(-c3c(F)cc(O[C@H]4CCOC4)cc3F)c2F)C1. The molecule has 3 heterocycles. The second-order valence-electron chi connectivity index (χ2n) is 10.0. The molecule has 2 saturated heterocycles. The number of carbonyl (C=O) groups is 1. The van der Waals surface area contributed by atoms with Gasteiger partial charge < -0.3 is 25.4 Å². The molecule has 5 rings (SSSR count). The third kappa shape index (κ3) is 5.69. The minimum Gasteiger partial charge on any atom is -0.488 e. The van der Waals surface area contributed by atoms with Crippen LogP contribution in [0.15, 0.2) is 42.7 Å². The molecule has 0 bridgehead atoms. The molecular weight excluding hydrogens is 516 g/mol. The first-order valence-corrected chi connectivity index (χ1v) is 12.7. The maximum Gasteiger partial charge on any atom is 0.258 e. The van der Waals surface area contributed by atoms with Crippen molar-refractivity contribution in [3.8, 4) is 16.9 Å². The van der Waals surface area contributed by atoms with Crippen molar-refractivity contribution in [2.24, 2.45) is 11.7 Å². The van der Waals surface area contributed by atoms with Crippen molar-refractivity contribution < 1.29 is 31.8 Å². The lowest BCUT2D eigenvalue weighted by Gasteiger charge is -2.37. The molecule has 206 valence electrons. The number of amides is 1. The largest absolute Gasteiger partial charge is 0.488 e. The predicted octanol–water partition coefficient (Wildman–Crippen LogP) is 4.90. The van der Waals surface area contributed by atoms with E-state index in [0.717, 1.165) is 30.7 Å². The van der Waals surface area contributed by atoms with E-state index < -0.39 is 45.9 Å². The molecule has 11 heteroatoms. The molecule has 2 aliphatic heterocycles. The number of pyridine rings is 1. The summed E-state index contributed by atoms with van der Waals surface area (Å²) in [5, 5.41) is 2.61. The second-order valence-corrected chi connectivity index (χ2v) is 10.0. The summed E-state index contributed by atoms with van der Waals surface area (Å²) in [7, 11) is 0. The van der Waals surface area contributed by atoms with Gasteiger partial charge in [-0.05, 0) is 30.5 Å². The summed E-state index contributed by atoms with van der Waals surface area (Å²) in [4.78, 5) is 19.2. The first kappa shape index (κ1) is 26.9. The van der Waals surface area contributed by atoms with E-state index >= 15 is 13.2 Å². The second kappa shape index (κ2) is 11.2. The Kier molecular flexibility index (Phi) is 7.72. The fourth-order valence-electron chi connectivity index (χ4n) is 5.16. The molecule has 2 aliphatic rings. The first-order valence-electron chi connectivity index (χ1n) is 12.7. The minimum absolute atomic E-state index is 0.0596. The number of hydrogen-bond acceptors (Lipinski definition) is 6. The molecule has 3 N–H and O–H groups in total. The van der Waals surface area contributed by atoms with E-state index in [4.69, 9.17) is 15.2 Å². The molecule has 2 aromatic carbocycles. The molecule has 3 aromatic rings. The van der Waals surface area contributed by atoms with Crippen LogP contribution in [0.25, 0.3) is 11.1 Å². The highest BCUT2D eigenvalue weighted by atomic mass is 19.1. The Morgan fingerprint density at radius 1 is 1.10 bits per heavy atom. The highest BCUT2D eigenvalue weighted by Crippen LogP contribution is 2.36. The van der Waals surface area contributed by atoms with E-state index in [-0.39, 0.29) is 24.5 Å². The van der Waals surface area contributed by atoms with Crippen molar-refractivity contribution in [2.75, 3.05) is 36.5 Å². The topological polar surface area (TPSA) is 89.7 Å². The summed E-state index contributed by atoms with van der Waals surface area (Å²) in [5.41, 5.74) is 4.59. The monoisotopic (exact) mass is 544 g/mol. The number of carbonyl (C=O) groups excluding carboxylic acids is 1. The third-order valence-corrected chi connectivity index (χ3v) is 6.87. The molecule has 39 heavy (non-hydrogen) atoms. The standard InChI is InChI=1S/C28H28F4N4O3/c1-15-8-16(33)13-36(12-15)24-4-6-34-11-23(24)35-28(37)19-2-3-20(29)26(27(19)32)25-21(30)9-18(10-22(25)31)39-17-5-7-38-14-17/h2-4,6,9-11,15-17H,5,7-8,12-14,33H2,1H3,(H,35,37)/t15-,16+,17+/m1/s1. The van der Waals surface area contributed by atoms with Crippen molar-refractivity contribution in [3.63, 3.8) is 0 Å². The molecule has 0 unspecified atom stereocenters. The van der Waals surface area contributed by atoms with Crippen LogP contribution >= 0.6 is 0 Å². The lowest BCUT2D eigenvalue weighted by Crippen LogP contribution is -2.46. The van der Waals surface area contributed by atoms with Gasteiger partial charge in [0, 0.05) is 43.9 Å². The van der Waals surface area contributed by atoms with Crippen LogP contribution in [0.2, 0.25) is 0 Å². The van der Waals surface area contributed by atoms with Crippen molar-refractivity contribution in [3.05, 3.63) is 71.6 Å². The van der Waals surface area contributed by atoms with Gasteiger partial charge in [0.2, 0.25) is 0 Å². The fraction of sp³-hybridized carbons (Fsp3) is 0.357. The molecule has 0 radical (unpaired) electrons. The smallest absolute Gasteiger partial charge is 0.258 e. The van der Waals surface area contributed by atoms with E-state index in [1.807, 2.05) is 4.90 Å². The summed E-state index contributed by atoms with van der Waals surface area (Å²) < 4.78 is 71.1. The zero-order chi connectivity index (χ0) is 27.7. The van der Waals surface area contributed by atoms with Gasteiger partial charge in [0.25, 0.3) is 5.91 Å². The summed E-state index contributed by atoms with van der Waals surface area (Å²) in [6.07, 6.45) is 4.01. The van der Waals surface area contributed by atoms with Crippen LogP contribution in [0.5, 0.6) is 5.75 Å². The average molecular weight is 545 g/mol. The Morgan fingerprint density at radius 3 is 2.56 bits per heavy atom. The van der Waals surface area contributed by atoms with Crippen LogP contribution in [-0.2, 0) is 4.74 Å². The number of halogens is 4. The van der Waals surface area contributed by atoms with E-state index in [0.29, 0.717) is 43.4 Å². The summed E-state index contributed by atoms with van der Waals surface area (Å²) in [6, 6.07) is 5.08. The number of hydrogen-bond donors (Lipinski definition) is 2. The zero-order valence-corrected chi connectivity index (χ0v) is 21.2. The maximum absolute atomic E-state index is 15.6. The third-order valence-electron chi connectivity index (χ3n) is 6.87. The van der Waals surface area contributed by atoms with Gasteiger partial charge in [0.05, 0.1) is 47.5 Å². The molecule has 2 fully saturated rings. The highest BCUT2D eigenvalue weighted by molar-refractivity contribution is 6.06. The Labute approximate surface area is 222 Å². The number of anilines is 2. The number of nitrogens with one attached hydrogen (secondary N) is 1. The average Bonchev–Trinajstić information content (AvgIpc) is 3.38. The van der Waals surface area contributed by atoms with Crippen LogP contribution in [0.4, 0.5) is 28.9 Å². The lowest BCUT2D eigenvalue weighted by atomic mass is 9.96. The van der Waals surface area contributed by atoms with Gasteiger partial charge in [-0.2, -0.15) is 0 Å². The van der Waals surface area contributed by atoms with Gasteiger partial charge in [-0.25, -0.2) is 17.6 Å². The maximum atomic E-state index is 15.6. The molecular formula is C28H28F4N4O3. The molecule has 0 aliphatic carbocycles. The molecule has 1 amide bonds. The Hall–Kier alpha value is -3.70. The van der Waals surface area contributed by atoms with E-state index in [9.17, 15) is 9.18 Å². The van der Waals surface area contributed by atoms with Crippen molar-refractivity contribution in [1.29, 1.82) is 0 Å². The number of rotatable bonds is 6. The number of aromatic nitrogens is 1. The molecule has 0 saturated carbocycles.